The van der Waals surface area contributed by atoms with E-state index in [2.05, 4.69) is 34.5 Å². The molecule has 0 amide bonds. The maximum atomic E-state index is 11.6. The largest absolute Gasteiger partial charge is 0.480 e. The van der Waals surface area contributed by atoms with Crippen molar-refractivity contribution >= 4 is 5.97 Å². The fourth-order valence-electron chi connectivity index (χ4n) is 3.23. The molecule has 4 nitrogen and oxygen atoms in total. The summed E-state index contributed by atoms with van der Waals surface area (Å²) >= 11 is 0. The third kappa shape index (κ3) is 3.63. The number of carboxylic acid groups (broad SMARTS) is 1. The lowest BCUT2D eigenvalue weighted by Crippen LogP contribution is -2.51. The van der Waals surface area contributed by atoms with Crippen molar-refractivity contribution in [3.63, 3.8) is 0 Å². The van der Waals surface area contributed by atoms with Gasteiger partial charge in [0.05, 0.1) is 0 Å². The highest BCUT2D eigenvalue weighted by atomic mass is 16.4. The van der Waals surface area contributed by atoms with Gasteiger partial charge in [-0.3, -0.25) is 9.69 Å². The molecule has 0 radical (unpaired) electrons. The van der Waals surface area contributed by atoms with E-state index in [1.54, 1.807) is 0 Å². The predicted octanol–water partition coefficient (Wildman–Crippen LogP) is 2.63. The van der Waals surface area contributed by atoms with E-state index < -0.39 is 11.5 Å². The molecule has 0 spiro atoms. The van der Waals surface area contributed by atoms with Crippen LogP contribution in [0.25, 0.3) is 0 Å². The Morgan fingerprint density at radius 1 is 1.29 bits per heavy atom. The Labute approximate surface area is 127 Å². The monoisotopic (exact) mass is 290 g/mol. The number of hydrogen-bond donors (Lipinski definition) is 2. The van der Waals surface area contributed by atoms with Crippen LogP contribution < -0.4 is 5.32 Å². The van der Waals surface area contributed by atoms with Gasteiger partial charge in [0.15, 0.2) is 0 Å². The number of carboxylic acids is 1. The van der Waals surface area contributed by atoms with Crippen molar-refractivity contribution in [1.29, 1.82) is 0 Å². The molecule has 4 heteroatoms. The number of nitrogens with zero attached hydrogens (tertiary/aromatic N) is 1. The Balaban J connectivity index is 1.85. The molecular weight excluding hydrogens is 264 g/mol. The van der Waals surface area contributed by atoms with E-state index in [0.717, 1.165) is 26.1 Å². The van der Waals surface area contributed by atoms with E-state index in [4.69, 9.17) is 0 Å². The average molecular weight is 290 g/mol. The number of carbonyl (C=O) groups is 1. The Morgan fingerprint density at radius 3 is 2.38 bits per heavy atom. The molecule has 2 rings (SSSR count). The predicted molar refractivity (Wildman–Crippen MR) is 84.1 cm³/mol. The Kier molecular flexibility index (Phi) is 5.37. The SMILES string of the molecule is CCNC(CC)(CCCN1Cc2ccccc2C1)C(=O)O. The molecule has 116 valence electrons. The third-order valence-corrected chi connectivity index (χ3v) is 4.51. The number of aliphatic carboxylic acids is 1. The van der Waals surface area contributed by atoms with Gasteiger partial charge in [-0.05, 0) is 43.5 Å². The number of likely N-dealkylation sites (N-methyl/N-ethyl adjacent to an activating group) is 1. The molecule has 1 aliphatic rings. The molecule has 0 fully saturated rings. The molecule has 1 aromatic rings. The van der Waals surface area contributed by atoms with Crippen molar-refractivity contribution < 1.29 is 9.90 Å². The first-order valence-corrected chi connectivity index (χ1v) is 7.89. The first-order valence-electron chi connectivity index (χ1n) is 7.89. The number of rotatable bonds is 8. The van der Waals surface area contributed by atoms with E-state index in [1.807, 2.05) is 13.8 Å². The number of nitrogens with one attached hydrogen (secondary N) is 1. The van der Waals surface area contributed by atoms with Crippen molar-refractivity contribution in [3.05, 3.63) is 35.4 Å². The van der Waals surface area contributed by atoms with Gasteiger partial charge in [-0.1, -0.05) is 38.1 Å². The molecule has 1 unspecified atom stereocenters. The summed E-state index contributed by atoms with van der Waals surface area (Å²) in [6.07, 6.45) is 2.21. The molecule has 21 heavy (non-hydrogen) atoms. The van der Waals surface area contributed by atoms with Gasteiger partial charge in [0.25, 0.3) is 0 Å². The second-order valence-electron chi connectivity index (χ2n) is 5.85. The highest BCUT2D eigenvalue weighted by Crippen LogP contribution is 2.24. The standard InChI is InChI=1S/C17H26N2O2/c1-3-17(16(20)21,18-4-2)10-7-11-19-12-14-8-5-6-9-15(14)13-19/h5-6,8-9,18H,3-4,7,10-13H2,1-2H3,(H,20,21). The van der Waals surface area contributed by atoms with Gasteiger partial charge >= 0.3 is 5.97 Å². The molecule has 0 aliphatic carbocycles. The Bertz CT molecular complexity index is 464. The quantitative estimate of drug-likeness (QED) is 0.773. The summed E-state index contributed by atoms with van der Waals surface area (Å²) in [5.74, 6) is -0.725. The van der Waals surface area contributed by atoms with Crippen molar-refractivity contribution in [2.24, 2.45) is 0 Å². The zero-order valence-electron chi connectivity index (χ0n) is 13.1. The van der Waals surface area contributed by atoms with Gasteiger partial charge in [0.2, 0.25) is 0 Å². The van der Waals surface area contributed by atoms with Crippen LogP contribution >= 0.6 is 0 Å². The minimum atomic E-state index is -0.763. The molecule has 1 atom stereocenters. The van der Waals surface area contributed by atoms with E-state index in [-0.39, 0.29) is 0 Å². The van der Waals surface area contributed by atoms with Gasteiger partial charge < -0.3 is 10.4 Å². The summed E-state index contributed by atoms with van der Waals surface area (Å²) in [6.45, 7) is 7.53. The van der Waals surface area contributed by atoms with Crippen LogP contribution in [0.5, 0.6) is 0 Å². The molecule has 1 heterocycles. The molecule has 2 N–H and O–H groups in total. The summed E-state index contributed by atoms with van der Waals surface area (Å²) in [7, 11) is 0. The van der Waals surface area contributed by atoms with Gasteiger partial charge in [0.1, 0.15) is 5.54 Å². The topological polar surface area (TPSA) is 52.6 Å². The van der Waals surface area contributed by atoms with Crippen LogP contribution in [0.2, 0.25) is 0 Å². The highest BCUT2D eigenvalue weighted by Gasteiger charge is 2.35. The van der Waals surface area contributed by atoms with Gasteiger partial charge in [-0.15, -0.1) is 0 Å². The van der Waals surface area contributed by atoms with Crippen LogP contribution in [0.3, 0.4) is 0 Å². The van der Waals surface area contributed by atoms with Gasteiger partial charge in [-0.2, -0.15) is 0 Å². The summed E-state index contributed by atoms with van der Waals surface area (Å²) in [5, 5.41) is 12.7. The zero-order valence-corrected chi connectivity index (χ0v) is 13.1. The molecule has 0 bridgehead atoms. The third-order valence-electron chi connectivity index (χ3n) is 4.51. The van der Waals surface area contributed by atoms with Crippen LogP contribution in [0, 0.1) is 0 Å². The average Bonchev–Trinajstić information content (AvgIpc) is 2.88. The summed E-state index contributed by atoms with van der Waals surface area (Å²) in [6, 6.07) is 8.53. The molecule has 0 aromatic heterocycles. The second kappa shape index (κ2) is 7.05. The smallest absolute Gasteiger partial charge is 0.323 e. The van der Waals surface area contributed by atoms with Crippen molar-refractivity contribution in [2.45, 2.75) is 51.7 Å². The first kappa shape index (κ1) is 16.0. The summed E-state index contributed by atoms with van der Waals surface area (Å²) in [5.41, 5.74) is 2.05. The first-order chi connectivity index (χ1) is 10.1. The normalized spacial score (nSPS) is 17.4. The van der Waals surface area contributed by atoms with Crippen LogP contribution in [-0.4, -0.2) is 34.6 Å². The van der Waals surface area contributed by atoms with Crippen LogP contribution in [0.15, 0.2) is 24.3 Å². The summed E-state index contributed by atoms with van der Waals surface area (Å²) in [4.78, 5) is 14.0. The zero-order chi connectivity index (χ0) is 15.3. The molecular formula is C17H26N2O2. The Hall–Kier alpha value is -1.39. The molecule has 0 saturated carbocycles. The highest BCUT2D eigenvalue weighted by molar-refractivity contribution is 5.78. The second-order valence-corrected chi connectivity index (χ2v) is 5.85. The number of benzene rings is 1. The molecule has 0 saturated heterocycles. The molecule has 1 aliphatic heterocycles. The maximum Gasteiger partial charge on any atom is 0.323 e. The van der Waals surface area contributed by atoms with Gasteiger partial charge in [0, 0.05) is 13.1 Å². The van der Waals surface area contributed by atoms with Crippen molar-refractivity contribution in [1.82, 2.24) is 10.2 Å². The van der Waals surface area contributed by atoms with E-state index in [9.17, 15) is 9.90 Å². The lowest BCUT2D eigenvalue weighted by molar-refractivity contribution is -0.145. The minimum absolute atomic E-state index is 0.621. The molecule has 1 aromatic carbocycles. The van der Waals surface area contributed by atoms with Gasteiger partial charge in [-0.25, -0.2) is 0 Å². The van der Waals surface area contributed by atoms with Crippen molar-refractivity contribution in [3.8, 4) is 0 Å². The van der Waals surface area contributed by atoms with E-state index in [1.165, 1.54) is 11.1 Å². The lowest BCUT2D eigenvalue weighted by Gasteiger charge is -2.29. The Morgan fingerprint density at radius 2 is 1.90 bits per heavy atom. The summed E-state index contributed by atoms with van der Waals surface area (Å²) < 4.78 is 0. The van der Waals surface area contributed by atoms with Crippen LogP contribution in [0.4, 0.5) is 0 Å². The van der Waals surface area contributed by atoms with E-state index in [0.29, 0.717) is 19.4 Å². The maximum absolute atomic E-state index is 11.6. The van der Waals surface area contributed by atoms with Crippen LogP contribution in [-0.2, 0) is 17.9 Å². The van der Waals surface area contributed by atoms with Crippen molar-refractivity contribution in [2.75, 3.05) is 13.1 Å². The van der Waals surface area contributed by atoms with Crippen LogP contribution in [0.1, 0.15) is 44.2 Å². The number of hydrogen-bond acceptors (Lipinski definition) is 3. The fourth-order valence-corrected chi connectivity index (χ4v) is 3.23. The minimum Gasteiger partial charge on any atom is -0.480 e. The lowest BCUT2D eigenvalue weighted by atomic mass is 9.90. The fraction of sp³-hybridized carbons (Fsp3) is 0.588. The number of fused-ring (bicyclic) bond motifs is 1. The van der Waals surface area contributed by atoms with E-state index >= 15 is 0 Å².